The van der Waals surface area contributed by atoms with E-state index >= 15 is 0 Å². The molecule has 0 aliphatic heterocycles. The van der Waals surface area contributed by atoms with E-state index in [4.69, 9.17) is 11.6 Å². The third-order valence-corrected chi connectivity index (χ3v) is 8.73. The fourth-order valence-corrected chi connectivity index (χ4v) is 6.17. The number of rotatable bonds is 10. The van der Waals surface area contributed by atoms with Gasteiger partial charge in [0, 0.05) is 17.8 Å². The van der Waals surface area contributed by atoms with E-state index in [2.05, 4.69) is 27.6 Å². The van der Waals surface area contributed by atoms with Crippen LogP contribution in [-0.2, 0) is 30.4 Å². The van der Waals surface area contributed by atoms with Crippen molar-refractivity contribution in [3.63, 3.8) is 0 Å². The van der Waals surface area contributed by atoms with E-state index in [1.54, 1.807) is 35.6 Å². The van der Waals surface area contributed by atoms with Crippen LogP contribution in [0.4, 0.5) is 18.9 Å². The van der Waals surface area contributed by atoms with Crippen molar-refractivity contribution < 1.29 is 18.0 Å². The Morgan fingerprint density at radius 3 is 2.39 bits per heavy atom. The molecule has 0 aliphatic rings. The van der Waals surface area contributed by atoms with Gasteiger partial charge in [-0.15, -0.1) is 21.5 Å². The van der Waals surface area contributed by atoms with Crippen molar-refractivity contribution in [2.75, 3.05) is 5.32 Å². The Bertz CT molecular complexity index is 1590. The number of nitrogens with one attached hydrogen (secondary N) is 1. The van der Waals surface area contributed by atoms with Crippen LogP contribution in [0.2, 0.25) is 5.02 Å². The second-order valence-corrected chi connectivity index (χ2v) is 11.6. The lowest BCUT2D eigenvalue weighted by molar-refractivity contribution is -0.137. The third kappa shape index (κ3) is 7.38. The molecule has 1 atom stereocenters. The standard InChI is InChI=1S/C30H24ClF3N4OS2/c31-24-14-13-22(30(32,33)34)18-25(24)35-28(39)27(21-10-5-2-6-11-21)41-29-37-36-26(19-23-12-7-17-40-23)38(29)16-15-20-8-3-1-4-9-20/h1-14,17-18,27H,15-16,19H2,(H,35,39)/t27-/m0/s1. The quantitative estimate of drug-likeness (QED) is 0.161. The van der Waals surface area contributed by atoms with Crippen LogP contribution in [0.1, 0.15) is 32.6 Å². The highest BCUT2D eigenvalue weighted by Crippen LogP contribution is 2.38. The molecule has 41 heavy (non-hydrogen) atoms. The predicted octanol–water partition coefficient (Wildman–Crippen LogP) is 8.32. The molecule has 2 heterocycles. The molecule has 0 bridgehead atoms. The lowest BCUT2D eigenvalue weighted by Gasteiger charge is -2.19. The number of thioether (sulfide) groups is 1. The van der Waals surface area contributed by atoms with Gasteiger partial charge in [0.15, 0.2) is 5.16 Å². The van der Waals surface area contributed by atoms with E-state index in [-0.39, 0.29) is 10.7 Å². The van der Waals surface area contributed by atoms with Gasteiger partial charge in [-0.1, -0.05) is 90.1 Å². The molecular formula is C30H24ClF3N4OS2. The molecule has 5 nitrogen and oxygen atoms in total. The first-order valence-electron chi connectivity index (χ1n) is 12.7. The molecule has 0 radical (unpaired) electrons. The van der Waals surface area contributed by atoms with Gasteiger partial charge in [0.2, 0.25) is 5.91 Å². The number of thiophene rings is 1. The molecule has 1 N–H and O–H groups in total. The van der Waals surface area contributed by atoms with Crippen molar-refractivity contribution in [3.8, 4) is 0 Å². The number of nitrogens with zero attached hydrogens (tertiary/aromatic N) is 3. The highest BCUT2D eigenvalue weighted by molar-refractivity contribution is 8.00. The maximum Gasteiger partial charge on any atom is 0.416 e. The summed E-state index contributed by atoms with van der Waals surface area (Å²) >= 11 is 9.00. The van der Waals surface area contributed by atoms with Crippen molar-refractivity contribution in [2.24, 2.45) is 0 Å². The summed E-state index contributed by atoms with van der Waals surface area (Å²) in [6.45, 7) is 0.586. The van der Waals surface area contributed by atoms with E-state index in [1.165, 1.54) is 11.8 Å². The number of benzene rings is 3. The summed E-state index contributed by atoms with van der Waals surface area (Å²) in [7, 11) is 0. The molecule has 0 unspecified atom stereocenters. The number of aryl methyl sites for hydroxylation is 1. The summed E-state index contributed by atoms with van der Waals surface area (Å²) < 4.78 is 42.1. The number of halogens is 4. The Hall–Kier alpha value is -3.60. The largest absolute Gasteiger partial charge is 0.416 e. The summed E-state index contributed by atoms with van der Waals surface area (Å²) in [6, 6.07) is 25.9. The third-order valence-electron chi connectivity index (χ3n) is 6.29. The first-order valence-corrected chi connectivity index (χ1v) is 14.8. The number of alkyl halides is 3. The molecule has 210 valence electrons. The number of amides is 1. The summed E-state index contributed by atoms with van der Waals surface area (Å²) in [5.74, 6) is 0.235. The van der Waals surface area contributed by atoms with E-state index in [1.807, 2.05) is 46.3 Å². The minimum absolute atomic E-state index is 0.00687. The van der Waals surface area contributed by atoms with E-state index in [0.717, 1.165) is 40.9 Å². The number of carbonyl (C=O) groups excluding carboxylic acids is 1. The highest BCUT2D eigenvalue weighted by Gasteiger charge is 2.32. The molecule has 11 heteroatoms. The van der Waals surface area contributed by atoms with Gasteiger partial charge < -0.3 is 9.88 Å². The van der Waals surface area contributed by atoms with Gasteiger partial charge in [-0.05, 0) is 47.2 Å². The van der Waals surface area contributed by atoms with Gasteiger partial charge in [0.05, 0.1) is 16.3 Å². The van der Waals surface area contributed by atoms with Crippen molar-refractivity contribution >= 4 is 46.3 Å². The maximum atomic E-state index is 13.7. The molecule has 0 aliphatic carbocycles. The minimum atomic E-state index is -4.58. The number of anilines is 1. The molecule has 0 saturated carbocycles. The molecule has 5 rings (SSSR count). The van der Waals surface area contributed by atoms with E-state index in [0.29, 0.717) is 23.7 Å². The van der Waals surface area contributed by atoms with Gasteiger partial charge in [-0.2, -0.15) is 13.2 Å². The highest BCUT2D eigenvalue weighted by atomic mass is 35.5. The first kappa shape index (κ1) is 28.9. The summed E-state index contributed by atoms with van der Waals surface area (Å²) in [4.78, 5) is 14.8. The van der Waals surface area contributed by atoms with Gasteiger partial charge >= 0.3 is 6.18 Å². The van der Waals surface area contributed by atoms with Gasteiger partial charge in [0.25, 0.3) is 0 Å². The SMILES string of the molecule is O=C(Nc1cc(C(F)(F)F)ccc1Cl)[C@@H](Sc1nnc(Cc2cccs2)n1CCc1ccccc1)c1ccccc1. The normalized spacial score (nSPS) is 12.3. The van der Waals surface area contributed by atoms with E-state index in [9.17, 15) is 18.0 Å². The molecular weight excluding hydrogens is 589 g/mol. The van der Waals surface area contributed by atoms with Gasteiger partial charge in [-0.25, -0.2) is 0 Å². The molecule has 0 spiro atoms. The van der Waals surface area contributed by atoms with Crippen molar-refractivity contribution in [1.82, 2.24) is 14.8 Å². The van der Waals surface area contributed by atoms with Crippen molar-refractivity contribution in [1.29, 1.82) is 0 Å². The summed E-state index contributed by atoms with van der Waals surface area (Å²) in [6.07, 6.45) is -3.26. The lowest BCUT2D eigenvalue weighted by Crippen LogP contribution is -2.20. The monoisotopic (exact) mass is 612 g/mol. The average Bonchev–Trinajstić information content (AvgIpc) is 3.62. The smallest absolute Gasteiger partial charge is 0.323 e. The second-order valence-electron chi connectivity index (χ2n) is 9.13. The maximum absolute atomic E-state index is 13.7. The Balaban J connectivity index is 1.46. The van der Waals surface area contributed by atoms with Crippen LogP contribution in [0.5, 0.6) is 0 Å². The Kier molecular flexibility index (Phi) is 9.12. The van der Waals surface area contributed by atoms with Crippen LogP contribution in [0.15, 0.2) is 102 Å². The molecule has 5 aromatic rings. The minimum Gasteiger partial charge on any atom is -0.323 e. The summed E-state index contributed by atoms with van der Waals surface area (Å²) in [5, 5.41) is 13.2. The van der Waals surface area contributed by atoms with Crippen LogP contribution >= 0.6 is 34.7 Å². The molecule has 1 amide bonds. The Labute approximate surface area is 248 Å². The zero-order chi connectivity index (χ0) is 28.8. The Morgan fingerprint density at radius 1 is 0.976 bits per heavy atom. The van der Waals surface area contributed by atoms with E-state index < -0.39 is 22.9 Å². The second kappa shape index (κ2) is 12.9. The van der Waals surface area contributed by atoms with Crippen LogP contribution in [0.3, 0.4) is 0 Å². The molecule has 0 saturated heterocycles. The average molecular weight is 613 g/mol. The predicted molar refractivity (Wildman–Crippen MR) is 157 cm³/mol. The Morgan fingerprint density at radius 2 is 1.71 bits per heavy atom. The molecule has 0 fully saturated rings. The van der Waals surface area contributed by atoms with Crippen LogP contribution < -0.4 is 5.32 Å². The first-order chi connectivity index (χ1) is 19.8. The lowest BCUT2D eigenvalue weighted by atomic mass is 10.1. The molecule has 2 aromatic heterocycles. The zero-order valence-corrected chi connectivity index (χ0v) is 23.9. The van der Waals surface area contributed by atoms with Gasteiger partial charge in [0.1, 0.15) is 11.1 Å². The van der Waals surface area contributed by atoms with Crippen LogP contribution in [0, 0.1) is 0 Å². The number of aromatic nitrogens is 3. The van der Waals surface area contributed by atoms with Crippen molar-refractivity contribution in [2.45, 2.75) is 36.0 Å². The number of hydrogen-bond acceptors (Lipinski definition) is 5. The van der Waals surface area contributed by atoms with Crippen molar-refractivity contribution in [3.05, 3.63) is 129 Å². The fraction of sp³-hybridized carbons (Fsp3) is 0.167. The van der Waals surface area contributed by atoms with Crippen LogP contribution in [-0.4, -0.2) is 20.7 Å². The van der Waals surface area contributed by atoms with Crippen LogP contribution in [0.25, 0.3) is 0 Å². The molecule has 3 aromatic carbocycles. The summed E-state index contributed by atoms with van der Waals surface area (Å²) in [5.41, 5.74) is 0.795. The number of carbonyl (C=O) groups is 1. The zero-order valence-electron chi connectivity index (χ0n) is 21.5. The number of hydrogen-bond donors (Lipinski definition) is 1. The fourth-order valence-electron chi connectivity index (χ4n) is 4.22. The van der Waals surface area contributed by atoms with Gasteiger partial charge in [-0.3, -0.25) is 4.79 Å². The topological polar surface area (TPSA) is 59.8 Å².